The van der Waals surface area contributed by atoms with Crippen molar-refractivity contribution in [3.63, 3.8) is 0 Å². The van der Waals surface area contributed by atoms with Gasteiger partial charge in [-0.15, -0.1) is 10.2 Å². The Labute approximate surface area is 80.4 Å². The Kier molecular flexibility index (Phi) is 3.16. The molecule has 0 bridgehead atoms. The summed E-state index contributed by atoms with van der Waals surface area (Å²) < 4.78 is 0. The Hall–Kier alpha value is -1.20. The van der Waals surface area contributed by atoms with Gasteiger partial charge < -0.3 is 0 Å². The van der Waals surface area contributed by atoms with E-state index in [1.54, 1.807) is 5.48 Å². The summed E-state index contributed by atoms with van der Waals surface area (Å²) >= 11 is 5.73. The largest absolute Gasteiger partial charge is 0.290 e. The van der Waals surface area contributed by atoms with Crippen LogP contribution in [0.5, 0.6) is 0 Å². The third-order valence-electron chi connectivity index (χ3n) is 1.68. The molecular formula is C7H9ClN4O. The van der Waals surface area contributed by atoms with Crippen molar-refractivity contribution in [3.8, 4) is 0 Å². The highest BCUT2D eigenvalue weighted by Crippen LogP contribution is 2.21. The molecule has 1 heterocycles. The highest BCUT2D eigenvalue weighted by Gasteiger charge is 2.05. The minimum atomic E-state index is 0.369. The molecule has 0 aromatic carbocycles. The number of halogens is 1. The van der Waals surface area contributed by atoms with E-state index in [9.17, 15) is 0 Å². The molecule has 0 saturated heterocycles. The quantitative estimate of drug-likeness (QED) is 0.430. The van der Waals surface area contributed by atoms with Gasteiger partial charge in [-0.05, 0) is 19.4 Å². The van der Waals surface area contributed by atoms with Crippen molar-refractivity contribution in [1.29, 1.82) is 0 Å². The molecule has 0 aliphatic carbocycles. The second-order valence-corrected chi connectivity index (χ2v) is 2.81. The van der Waals surface area contributed by atoms with Gasteiger partial charge in [-0.1, -0.05) is 11.6 Å². The number of aliphatic imine (C=N–C) groups is 1. The topological polar surface area (TPSA) is 70.4 Å². The first kappa shape index (κ1) is 9.88. The van der Waals surface area contributed by atoms with E-state index in [0.29, 0.717) is 11.0 Å². The van der Waals surface area contributed by atoms with Crippen LogP contribution in [0.2, 0.25) is 5.15 Å². The van der Waals surface area contributed by atoms with Crippen molar-refractivity contribution in [3.05, 3.63) is 16.3 Å². The molecule has 1 aromatic rings. The van der Waals surface area contributed by atoms with Gasteiger partial charge in [0.05, 0.1) is 0 Å². The van der Waals surface area contributed by atoms with Crippen LogP contribution < -0.4 is 5.48 Å². The third-order valence-corrected chi connectivity index (χ3v) is 2.04. The van der Waals surface area contributed by atoms with Crippen molar-refractivity contribution in [1.82, 2.24) is 15.7 Å². The van der Waals surface area contributed by atoms with Gasteiger partial charge in [-0.2, -0.15) is 0 Å². The van der Waals surface area contributed by atoms with E-state index in [-0.39, 0.29) is 0 Å². The van der Waals surface area contributed by atoms with Gasteiger partial charge in [0.1, 0.15) is 6.34 Å². The molecule has 1 rings (SSSR count). The zero-order valence-electron chi connectivity index (χ0n) is 7.24. The average Bonchev–Trinajstić information content (AvgIpc) is 2.13. The lowest BCUT2D eigenvalue weighted by Gasteiger charge is -2.02. The second kappa shape index (κ2) is 4.15. The van der Waals surface area contributed by atoms with E-state index in [1.807, 2.05) is 13.8 Å². The smallest absolute Gasteiger partial charge is 0.179 e. The maximum absolute atomic E-state index is 8.27. The Morgan fingerprint density at radius 1 is 1.38 bits per heavy atom. The van der Waals surface area contributed by atoms with E-state index in [1.165, 1.54) is 0 Å². The Morgan fingerprint density at radius 3 is 2.69 bits per heavy atom. The van der Waals surface area contributed by atoms with Crippen LogP contribution in [0.15, 0.2) is 4.99 Å². The van der Waals surface area contributed by atoms with Crippen molar-refractivity contribution in [2.24, 2.45) is 4.99 Å². The standard InChI is InChI=1S/C7H9ClN4O/c1-4-5(2)7(9-3-10-13)12-11-6(4)8/h3,13H,1-2H3,(H,9,10,12). The van der Waals surface area contributed by atoms with Crippen molar-refractivity contribution < 1.29 is 5.21 Å². The Balaban J connectivity index is 3.11. The van der Waals surface area contributed by atoms with E-state index in [4.69, 9.17) is 16.8 Å². The van der Waals surface area contributed by atoms with Crippen LogP contribution in [0.3, 0.4) is 0 Å². The molecule has 13 heavy (non-hydrogen) atoms. The molecule has 0 aliphatic heterocycles. The van der Waals surface area contributed by atoms with Gasteiger partial charge in [0, 0.05) is 5.56 Å². The fraction of sp³-hybridized carbons (Fsp3) is 0.286. The molecule has 5 nitrogen and oxygen atoms in total. The fourth-order valence-corrected chi connectivity index (χ4v) is 0.956. The number of aromatic nitrogens is 2. The molecule has 2 N–H and O–H groups in total. The molecular weight excluding hydrogens is 192 g/mol. The van der Waals surface area contributed by atoms with Gasteiger partial charge in [-0.25, -0.2) is 4.99 Å². The highest BCUT2D eigenvalue weighted by molar-refractivity contribution is 6.30. The maximum Gasteiger partial charge on any atom is 0.179 e. The van der Waals surface area contributed by atoms with Gasteiger partial charge in [0.25, 0.3) is 0 Å². The molecule has 0 spiro atoms. The van der Waals surface area contributed by atoms with Crippen LogP contribution in [-0.4, -0.2) is 21.7 Å². The number of nitrogens with zero attached hydrogens (tertiary/aromatic N) is 3. The second-order valence-electron chi connectivity index (χ2n) is 2.45. The lowest BCUT2D eigenvalue weighted by atomic mass is 10.2. The molecule has 0 radical (unpaired) electrons. The predicted molar refractivity (Wildman–Crippen MR) is 49.6 cm³/mol. The summed E-state index contributed by atoms with van der Waals surface area (Å²) in [4.78, 5) is 3.81. The molecule has 0 unspecified atom stereocenters. The van der Waals surface area contributed by atoms with Crippen LogP contribution >= 0.6 is 11.6 Å². The van der Waals surface area contributed by atoms with Crippen molar-refractivity contribution in [2.75, 3.05) is 0 Å². The molecule has 70 valence electrons. The first-order valence-corrected chi connectivity index (χ1v) is 3.96. The van der Waals surface area contributed by atoms with Gasteiger partial charge >= 0.3 is 0 Å². The summed E-state index contributed by atoms with van der Waals surface area (Å²) in [6.45, 7) is 3.66. The SMILES string of the molecule is Cc1c(Cl)nnc(N=CNO)c1C. The summed E-state index contributed by atoms with van der Waals surface area (Å²) in [6.07, 6.45) is 1.12. The van der Waals surface area contributed by atoms with Crippen LogP contribution in [-0.2, 0) is 0 Å². The van der Waals surface area contributed by atoms with Gasteiger partial charge in [0.15, 0.2) is 11.0 Å². The van der Waals surface area contributed by atoms with Crippen molar-refractivity contribution >= 4 is 23.8 Å². The summed E-state index contributed by atoms with van der Waals surface area (Å²) in [5.41, 5.74) is 3.46. The number of hydrogen-bond acceptors (Lipinski definition) is 4. The highest BCUT2D eigenvalue weighted by atomic mass is 35.5. The predicted octanol–water partition coefficient (Wildman–Crippen LogP) is 1.39. The summed E-state index contributed by atoms with van der Waals surface area (Å²) in [5.74, 6) is 0.434. The third kappa shape index (κ3) is 2.13. The summed E-state index contributed by atoms with van der Waals surface area (Å²) in [5, 5.41) is 16.1. The zero-order chi connectivity index (χ0) is 9.84. The monoisotopic (exact) mass is 200 g/mol. The number of hydroxylamine groups is 1. The molecule has 0 amide bonds. The lowest BCUT2D eigenvalue weighted by Crippen LogP contribution is -2.02. The van der Waals surface area contributed by atoms with Crippen LogP contribution in [0.25, 0.3) is 0 Å². The van der Waals surface area contributed by atoms with E-state index in [2.05, 4.69) is 15.2 Å². The Morgan fingerprint density at radius 2 is 2.08 bits per heavy atom. The number of nitrogens with one attached hydrogen (secondary N) is 1. The molecule has 6 heteroatoms. The molecule has 0 aliphatic rings. The summed E-state index contributed by atoms with van der Waals surface area (Å²) in [6, 6.07) is 0. The zero-order valence-corrected chi connectivity index (χ0v) is 8.00. The number of hydrogen-bond donors (Lipinski definition) is 2. The van der Waals surface area contributed by atoms with Crippen LogP contribution in [0, 0.1) is 13.8 Å². The van der Waals surface area contributed by atoms with E-state index < -0.39 is 0 Å². The van der Waals surface area contributed by atoms with Gasteiger partial charge in [0.2, 0.25) is 0 Å². The minimum absolute atomic E-state index is 0.369. The fourth-order valence-electron chi connectivity index (χ4n) is 0.776. The number of rotatable bonds is 2. The van der Waals surface area contributed by atoms with Gasteiger partial charge in [-0.3, -0.25) is 10.7 Å². The van der Waals surface area contributed by atoms with E-state index >= 15 is 0 Å². The normalized spacial score (nSPS) is 10.8. The molecule has 0 fully saturated rings. The molecule has 0 atom stereocenters. The van der Waals surface area contributed by atoms with Crippen LogP contribution in [0.4, 0.5) is 5.82 Å². The Bertz CT molecular complexity index is 340. The first-order valence-electron chi connectivity index (χ1n) is 3.58. The average molecular weight is 201 g/mol. The minimum Gasteiger partial charge on any atom is -0.290 e. The molecule has 1 aromatic heterocycles. The van der Waals surface area contributed by atoms with E-state index in [0.717, 1.165) is 17.5 Å². The van der Waals surface area contributed by atoms with Crippen LogP contribution in [0.1, 0.15) is 11.1 Å². The first-order chi connectivity index (χ1) is 6.16. The van der Waals surface area contributed by atoms with Crippen molar-refractivity contribution in [2.45, 2.75) is 13.8 Å². The molecule has 0 saturated carbocycles. The maximum atomic E-state index is 8.27. The summed E-state index contributed by atoms with van der Waals surface area (Å²) in [7, 11) is 0. The lowest BCUT2D eigenvalue weighted by molar-refractivity contribution is 0.240.